The number of nitrogens with zero attached hydrogens (tertiary/aromatic N) is 5. The fraction of sp³-hybridized carbons (Fsp3) is 0.333. The molecule has 2 aromatic carbocycles. The van der Waals surface area contributed by atoms with Gasteiger partial charge >= 0.3 is 0 Å². The number of aromatic nitrogens is 3. The van der Waals surface area contributed by atoms with Crippen LogP contribution in [-0.2, 0) is 16.0 Å². The minimum absolute atomic E-state index is 0.00524. The Hall–Kier alpha value is -4.07. The maximum absolute atomic E-state index is 13.4. The van der Waals surface area contributed by atoms with Gasteiger partial charge in [-0.3, -0.25) is 9.59 Å². The van der Waals surface area contributed by atoms with Gasteiger partial charge in [0.25, 0.3) is 0 Å². The van der Waals surface area contributed by atoms with Gasteiger partial charge < -0.3 is 14.4 Å². The molecule has 38 heavy (non-hydrogen) atoms. The first-order valence-corrected chi connectivity index (χ1v) is 13.2. The third kappa shape index (κ3) is 4.90. The maximum Gasteiger partial charge on any atom is 0.242 e. The number of hydrogen-bond acceptors (Lipinski definition) is 4. The predicted octanol–water partition coefficient (Wildman–Crippen LogP) is 4.34. The van der Waals surface area contributed by atoms with Crippen LogP contribution in [0.25, 0.3) is 11.2 Å². The molecule has 2 fully saturated rings. The third-order valence-electron chi connectivity index (χ3n) is 7.79. The molecule has 1 unspecified atom stereocenters. The van der Waals surface area contributed by atoms with Crippen molar-refractivity contribution in [2.45, 2.75) is 37.6 Å². The Labute approximate surface area is 220 Å². The van der Waals surface area contributed by atoms with E-state index in [1.807, 2.05) is 47.4 Å². The van der Waals surface area contributed by atoms with Gasteiger partial charge in [0, 0.05) is 50.6 Å². The van der Waals surface area contributed by atoms with E-state index in [2.05, 4.69) is 9.55 Å². The van der Waals surface area contributed by atoms with Crippen molar-refractivity contribution in [2.24, 2.45) is 0 Å². The van der Waals surface area contributed by atoms with Gasteiger partial charge in [0.05, 0.1) is 6.54 Å². The fourth-order valence-electron chi connectivity index (χ4n) is 5.78. The third-order valence-corrected chi connectivity index (χ3v) is 7.79. The Balaban J connectivity index is 1.12. The second kappa shape index (κ2) is 10.4. The summed E-state index contributed by atoms with van der Waals surface area (Å²) in [6.45, 7) is 1.97. The monoisotopic (exact) mass is 511 g/mol. The lowest BCUT2D eigenvalue weighted by Gasteiger charge is -2.34. The Bertz CT molecular complexity index is 1440. The van der Waals surface area contributed by atoms with Crippen LogP contribution in [0.15, 0.2) is 72.9 Å². The molecular weight excluding hydrogens is 481 g/mol. The topological polar surface area (TPSA) is 71.3 Å². The second-order valence-electron chi connectivity index (χ2n) is 10.2. The van der Waals surface area contributed by atoms with Crippen molar-refractivity contribution in [2.75, 3.05) is 26.2 Å². The SMILES string of the molecule is O=C(CN1CC(c2ccccc2)CC1=O)N1CCC(n2c(Cc3ccc(F)cc3)nc3cccnc32)CC1. The molecule has 2 amide bonds. The van der Waals surface area contributed by atoms with Crippen molar-refractivity contribution in [3.05, 3.63) is 95.7 Å². The number of halogens is 1. The Morgan fingerprint density at radius 1 is 0.974 bits per heavy atom. The summed E-state index contributed by atoms with van der Waals surface area (Å²) in [6.07, 6.45) is 4.37. The molecule has 2 aliphatic heterocycles. The Morgan fingerprint density at radius 2 is 1.74 bits per heavy atom. The van der Waals surface area contributed by atoms with Gasteiger partial charge in [-0.2, -0.15) is 0 Å². The molecule has 2 aliphatic rings. The smallest absolute Gasteiger partial charge is 0.242 e. The van der Waals surface area contributed by atoms with Gasteiger partial charge in [-0.15, -0.1) is 0 Å². The summed E-state index contributed by atoms with van der Waals surface area (Å²) in [5.41, 5.74) is 3.81. The number of likely N-dealkylation sites (tertiary alicyclic amines) is 2. The molecule has 2 aromatic heterocycles. The lowest BCUT2D eigenvalue weighted by Crippen LogP contribution is -2.45. The van der Waals surface area contributed by atoms with Crippen LogP contribution in [0.4, 0.5) is 4.39 Å². The average molecular weight is 512 g/mol. The quantitative estimate of drug-likeness (QED) is 0.386. The van der Waals surface area contributed by atoms with E-state index in [1.165, 1.54) is 12.1 Å². The van der Waals surface area contributed by atoms with Crippen LogP contribution in [0.1, 0.15) is 48.2 Å². The van der Waals surface area contributed by atoms with E-state index in [9.17, 15) is 14.0 Å². The molecule has 8 heteroatoms. The zero-order valence-electron chi connectivity index (χ0n) is 21.2. The lowest BCUT2D eigenvalue weighted by molar-refractivity contribution is -0.139. The summed E-state index contributed by atoms with van der Waals surface area (Å²) in [5.74, 6) is 0.829. The first-order valence-electron chi connectivity index (χ1n) is 13.2. The maximum atomic E-state index is 13.4. The van der Waals surface area contributed by atoms with E-state index in [0.717, 1.165) is 41.0 Å². The zero-order valence-corrected chi connectivity index (χ0v) is 21.2. The molecule has 6 rings (SSSR count). The number of rotatable bonds is 6. The molecule has 4 heterocycles. The number of carbonyl (C=O) groups excluding carboxylic acids is 2. The molecule has 194 valence electrons. The number of fused-ring (bicyclic) bond motifs is 1. The number of hydrogen-bond donors (Lipinski definition) is 0. The summed E-state index contributed by atoms with van der Waals surface area (Å²) in [4.78, 5) is 38.8. The first-order chi connectivity index (χ1) is 18.5. The molecule has 0 N–H and O–H groups in total. The molecule has 0 aliphatic carbocycles. The summed E-state index contributed by atoms with van der Waals surface area (Å²) in [5, 5.41) is 0. The summed E-state index contributed by atoms with van der Waals surface area (Å²) < 4.78 is 15.6. The highest BCUT2D eigenvalue weighted by Crippen LogP contribution is 2.31. The number of benzene rings is 2. The van der Waals surface area contributed by atoms with Crippen LogP contribution in [0.3, 0.4) is 0 Å². The largest absolute Gasteiger partial charge is 0.341 e. The van der Waals surface area contributed by atoms with E-state index in [0.29, 0.717) is 32.5 Å². The van der Waals surface area contributed by atoms with Crippen molar-refractivity contribution < 1.29 is 14.0 Å². The van der Waals surface area contributed by atoms with Crippen molar-refractivity contribution in [1.82, 2.24) is 24.3 Å². The van der Waals surface area contributed by atoms with Crippen LogP contribution in [0.5, 0.6) is 0 Å². The van der Waals surface area contributed by atoms with Gasteiger partial charge in [0.15, 0.2) is 5.65 Å². The molecular formula is C30H30FN5O2. The van der Waals surface area contributed by atoms with Gasteiger partial charge in [-0.1, -0.05) is 42.5 Å². The van der Waals surface area contributed by atoms with Gasteiger partial charge in [0.2, 0.25) is 11.8 Å². The van der Waals surface area contributed by atoms with Crippen molar-refractivity contribution in [1.29, 1.82) is 0 Å². The molecule has 0 bridgehead atoms. The van der Waals surface area contributed by atoms with Crippen molar-refractivity contribution in [3.63, 3.8) is 0 Å². The molecule has 7 nitrogen and oxygen atoms in total. The minimum atomic E-state index is -0.257. The number of carbonyl (C=O) groups is 2. The highest BCUT2D eigenvalue weighted by atomic mass is 19.1. The fourth-order valence-corrected chi connectivity index (χ4v) is 5.78. The average Bonchev–Trinajstić information content (AvgIpc) is 3.50. The Kier molecular flexibility index (Phi) is 6.62. The molecule has 0 spiro atoms. The molecule has 0 radical (unpaired) electrons. The van der Waals surface area contributed by atoms with Gasteiger partial charge in [-0.05, 0) is 48.2 Å². The van der Waals surface area contributed by atoms with E-state index in [1.54, 1.807) is 23.2 Å². The van der Waals surface area contributed by atoms with Crippen LogP contribution in [0.2, 0.25) is 0 Å². The van der Waals surface area contributed by atoms with E-state index < -0.39 is 0 Å². The van der Waals surface area contributed by atoms with Crippen LogP contribution < -0.4 is 0 Å². The highest BCUT2D eigenvalue weighted by Gasteiger charge is 2.34. The highest BCUT2D eigenvalue weighted by molar-refractivity contribution is 5.86. The predicted molar refractivity (Wildman–Crippen MR) is 142 cm³/mol. The van der Waals surface area contributed by atoms with Crippen LogP contribution in [-0.4, -0.2) is 62.3 Å². The Morgan fingerprint density at radius 3 is 2.50 bits per heavy atom. The number of piperidine rings is 1. The van der Waals surface area contributed by atoms with Gasteiger partial charge in [0.1, 0.15) is 17.2 Å². The summed E-state index contributed by atoms with van der Waals surface area (Å²) in [6, 6.07) is 20.6. The van der Waals surface area contributed by atoms with Crippen LogP contribution >= 0.6 is 0 Å². The van der Waals surface area contributed by atoms with Gasteiger partial charge in [-0.25, -0.2) is 14.4 Å². The summed E-state index contributed by atoms with van der Waals surface area (Å²) >= 11 is 0. The lowest BCUT2D eigenvalue weighted by atomic mass is 9.99. The first kappa shape index (κ1) is 24.3. The van der Waals surface area contributed by atoms with Crippen molar-refractivity contribution >= 4 is 23.0 Å². The normalized spacial score (nSPS) is 18.4. The minimum Gasteiger partial charge on any atom is -0.341 e. The number of amides is 2. The van der Waals surface area contributed by atoms with Crippen molar-refractivity contribution in [3.8, 4) is 0 Å². The number of pyridine rings is 1. The zero-order chi connectivity index (χ0) is 26.1. The molecule has 2 saturated heterocycles. The standard InChI is InChI=1S/C30H30FN5O2/c31-24-10-8-21(9-11-24)17-27-33-26-7-4-14-32-30(26)36(27)25-12-15-34(16-13-25)29(38)20-35-19-23(18-28(35)37)22-5-2-1-3-6-22/h1-11,14,23,25H,12-13,15-20H2. The number of imidazole rings is 1. The second-order valence-corrected chi connectivity index (χ2v) is 10.2. The van der Waals surface area contributed by atoms with E-state index in [-0.39, 0.29) is 36.1 Å². The van der Waals surface area contributed by atoms with E-state index in [4.69, 9.17) is 4.98 Å². The summed E-state index contributed by atoms with van der Waals surface area (Å²) in [7, 11) is 0. The molecule has 1 atom stereocenters. The molecule has 0 saturated carbocycles. The van der Waals surface area contributed by atoms with E-state index >= 15 is 0 Å². The van der Waals surface area contributed by atoms with Crippen LogP contribution in [0, 0.1) is 5.82 Å². The molecule has 4 aromatic rings.